The zero-order valence-electron chi connectivity index (χ0n) is 29.8. The number of hydrogen-bond acceptors (Lipinski definition) is 10. The number of tetrazole rings is 1. The first kappa shape index (κ1) is 37.6. The molecule has 5 N–H and O–H groups in total. The van der Waals surface area contributed by atoms with Gasteiger partial charge in [-0.1, -0.05) is 85.3 Å². The number of hydrogen-bond donors (Lipinski definition) is 5. The van der Waals surface area contributed by atoms with Crippen molar-refractivity contribution >= 4 is 57.8 Å². The second kappa shape index (κ2) is 22.9. The Kier molecular flexibility index (Phi) is 17.2. The molecule has 0 aliphatic carbocycles. The van der Waals surface area contributed by atoms with E-state index in [-0.39, 0.29) is 18.7 Å². The van der Waals surface area contributed by atoms with Crippen molar-refractivity contribution in [3.8, 4) is 39.4 Å². The highest BCUT2D eigenvalue weighted by Crippen LogP contribution is 2.30. The molecule has 1 amide bonds. The third-order valence-electron chi connectivity index (χ3n) is 7.25. The van der Waals surface area contributed by atoms with Gasteiger partial charge >= 0.3 is 11.9 Å². The summed E-state index contributed by atoms with van der Waals surface area (Å²) in [6.45, 7) is 4.74. The smallest absolute Gasteiger partial charge is 0.320 e. The van der Waals surface area contributed by atoms with E-state index in [2.05, 4.69) is 55.5 Å². The number of carboxylic acids is 2. The molecule has 0 fully saturated rings. The van der Waals surface area contributed by atoms with Crippen molar-refractivity contribution in [2.45, 2.75) is 64.5 Å². The van der Waals surface area contributed by atoms with E-state index in [1.807, 2.05) is 83.6 Å². The molecule has 1 heterocycles. The van der Waals surface area contributed by atoms with Gasteiger partial charge in [0.15, 0.2) is 0 Å². The lowest BCUT2D eigenvalue weighted by Gasteiger charge is -2.21. The van der Waals surface area contributed by atoms with Gasteiger partial charge in [-0.15, -0.1) is 10.2 Å². The van der Waals surface area contributed by atoms with Gasteiger partial charge in [0.25, 0.3) is 0 Å². The van der Waals surface area contributed by atoms with E-state index in [4.69, 9.17) is 7.48 Å². The Morgan fingerprint density at radius 3 is 2.00 bits per heavy atom. The van der Waals surface area contributed by atoms with Crippen molar-refractivity contribution in [3.05, 3.63) is 72.8 Å². The van der Waals surface area contributed by atoms with Gasteiger partial charge < -0.3 is 25.6 Å². The van der Waals surface area contributed by atoms with Crippen molar-refractivity contribution in [2.75, 3.05) is 18.9 Å². The van der Waals surface area contributed by atoms with Crippen molar-refractivity contribution in [1.29, 1.82) is 0 Å². The average molecular weight is 839 g/mol. The number of aliphatic carboxylic acids is 2. The molecule has 4 aromatic rings. The van der Waals surface area contributed by atoms with E-state index < -0.39 is 36.1 Å². The van der Waals surface area contributed by atoms with Crippen molar-refractivity contribution in [2.24, 2.45) is 0 Å². The molecular weight excluding hydrogens is 791 g/mol. The summed E-state index contributed by atoms with van der Waals surface area (Å²) in [5.74, 6) is -1.28. The standard InChI is InChI=1S/C33H37IN6O6S2.C2H6/c34-48-47-21-27(20-31(42)43)36-29(33(44)45)4-1-2-18-35-30(41)5-3-19-46-28-16-14-25(15-17-28)23-8-6-22(7-9-23)24-10-12-26(13-11-24)32-37-39-40-38-32;1-2/h6-17,27,29,36H,1-5,18-21H2,(H,35,41)(H,42,43)(H,44,45)(H,37,38,39,40);1-2H3/t27?,29-;/m0./s1/i21T2;. The van der Waals surface area contributed by atoms with Crippen LogP contribution in [0.2, 0.25) is 0 Å². The van der Waals surface area contributed by atoms with Crippen LogP contribution in [-0.4, -0.2) is 79.6 Å². The van der Waals surface area contributed by atoms with Gasteiger partial charge in [0.1, 0.15) is 11.8 Å². The minimum absolute atomic E-state index is 0.133. The molecule has 50 heavy (non-hydrogen) atoms. The highest BCUT2D eigenvalue weighted by molar-refractivity contribution is 14.2. The summed E-state index contributed by atoms with van der Waals surface area (Å²) in [6, 6.07) is 21.8. The first-order valence-electron chi connectivity index (χ1n) is 17.2. The van der Waals surface area contributed by atoms with Crippen LogP contribution in [-0.2, 0) is 14.4 Å². The summed E-state index contributed by atoms with van der Waals surface area (Å²) in [6.07, 6.45) is 1.38. The number of amides is 1. The van der Waals surface area contributed by atoms with E-state index in [0.717, 1.165) is 46.6 Å². The fourth-order valence-corrected chi connectivity index (χ4v) is 6.51. The number of rotatable bonds is 21. The van der Waals surface area contributed by atoms with Gasteiger partial charge in [0.2, 0.25) is 11.7 Å². The Hall–Kier alpha value is -3.67. The van der Waals surface area contributed by atoms with Gasteiger partial charge in [-0.25, -0.2) is 0 Å². The van der Waals surface area contributed by atoms with Crippen LogP contribution < -0.4 is 15.4 Å². The van der Waals surface area contributed by atoms with Crippen LogP contribution in [0, 0.1) is 0 Å². The molecule has 1 aromatic heterocycles. The Bertz CT molecular complexity index is 1670. The largest absolute Gasteiger partial charge is 0.494 e. The highest BCUT2D eigenvalue weighted by atomic mass is 127. The van der Waals surface area contributed by atoms with Gasteiger partial charge in [0, 0.05) is 54.2 Å². The quantitative estimate of drug-likeness (QED) is 0.0322. The highest BCUT2D eigenvalue weighted by Gasteiger charge is 2.23. The third kappa shape index (κ3) is 14.3. The van der Waals surface area contributed by atoms with Crippen molar-refractivity contribution in [3.63, 3.8) is 0 Å². The number of ether oxygens (including phenoxy) is 1. The average Bonchev–Trinajstić information content (AvgIpc) is 3.69. The monoisotopic (exact) mass is 838 g/mol. The molecule has 1 unspecified atom stereocenters. The lowest BCUT2D eigenvalue weighted by molar-refractivity contribution is -0.141. The first-order valence-corrected chi connectivity index (χ1v) is 20.9. The predicted octanol–water partition coefficient (Wildman–Crippen LogP) is 7.29. The number of unbranched alkanes of at least 4 members (excludes halogenated alkanes) is 1. The zero-order valence-corrected chi connectivity index (χ0v) is 31.6. The van der Waals surface area contributed by atoms with E-state index >= 15 is 0 Å². The maximum absolute atomic E-state index is 12.3. The second-order valence-corrected chi connectivity index (χ2v) is 15.3. The van der Waals surface area contributed by atoms with Crippen LogP contribution in [0.15, 0.2) is 72.8 Å². The summed E-state index contributed by atoms with van der Waals surface area (Å²) < 4.78 is 22.1. The summed E-state index contributed by atoms with van der Waals surface area (Å²) in [5, 5.41) is 38.4. The molecule has 268 valence electrons. The normalized spacial score (nSPS) is 12.8. The van der Waals surface area contributed by atoms with Gasteiger partial charge in [-0.3, -0.25) is 14.4 Å². The van der Waals surface area contributed by atoms with Crippen LogP contribution in [0.3, 0.4) is 0 Å². The molecule has 15 heteroatoms. The number of nitrogens with zero attached hydrogens (tertiary/aromatic N) is 3. The molecule has 0 spiro atoms. The molecule has 0 saturated carbocycles. The first-order chi connectivity index (χ1) is 25.1. The molecule has 12 nitrogen and oxygen atoms in total. The van der Waals surface area contributed by atoms with Crippen molar-refractivity contribution in [1.82, 2.24) is 31.3 Å². The molecule has 0 radical (unpaired) electrons. The fourth-order valence-electron chi connectivity index (χ4n) is 4.81. The SMILES string of the molecule is CC.[3H]C([3H])(SSI)C(CC(=O)O)N[C@@H](CCCCNC(=O)CCCOc1ccc(-c2ccc(-c3ccc(-c4nn[nH]n4)cc3)cc2)cc1)C(=O)O. The molecule has 2 atom stereocenters. The third-order valence-corrected chi connectivity index (χ3v) is 9.79. The van der Waals surface area contributed by atoms with E-state index in [9.17, 15) is 24.6 Å². The van der Waals surface area contributed by atoms with Gasteiger partial charge in [0.05, 0.1) is 13.0 Å². The fraction of sp³-hybridized carbons (Fsp3) is 0.371. The van der Waals surface area contributed by atoms with E-state index in [1.54, 1.807) is 0 Å². The maximum atomic E-state index is 12.3. The Morgan fingerprint density at radius 2 is 1.48 bits per heavy atom. The Labute approximate surface area is 315 Å². The van der Waals surface area contributed by atoms with Crippen molar-refractivity contribution < 1.29 is 32.1 Å². The number of carboxylic acid groups (broad SMARTS) is 2. The number of nitrogens with one attached hydrogen (secondary N) is 3. The van der Waals surface area contributed by atoms with Crippen LogP contribution in [0.1, 0.15) is 55.1 Å². The van der Waals surface area contributed by atoms with Crippen LogP contribution >= 0.6 is 40.0 Å². The maximum Gasteiger partial charge on any atom is 0.320 e. The number of benzene rings is 3. The van der Waals surface area contributed by atoms with E-state index in [1.165, 1.54) is 0 Å². The molecule has 0 aliphatic heterocycles. The molecule has 0 saturated heterocycles. The molecule has 4 rings (SSSR count). The minimum atomic E-state index is -1.99. The Morgan fingerprint density at radius 1 is 0.900 bits per heavy atom. The summed E-state index contributed by atoms with van der Waals surface area (Å²) in [4.78, 5) is 35.3. The summed E-state index contributed by atoms with van der Waals surface area (Å²) in [5.41, 5.74) is 3.20. The number of H-pyrrole nitrogens is 1. The van der Waals surface area contributed by atoms with Crippen LogP contribution in [0.4, 0.5) is 0 Å². The van der Waals surface area contributed by atoms with Gasteiger partial charge in [-0.2, -0.15) is 5.21 Å². The number of halogens is 1. The Balaban J connectivity index is 0.00000358. The molecular formula is C35H43IN6O6S2. The number of aromatic amines is 1. The van der Waals surface area contributed by atoms with Crippen LogP contribution in [0.5, 0.6) is 5.75 Å². The summed E-state index contributed by atoms with van der Waals surface area (Å²) >= 11 is 1.89. The molecule has 0 aliphatic rings. The predicted molar refractivity (Wildman–Crippen MR) is 208 cm³/mol. The lowest BCUT2D eigenvalue weighted by Crippen LogP contribution is -2.45. The number of carbonyl (C=O) groups excluding carboxylic acids is 1. The minimum Gasteiger partial charge on any atom is -0.494 e. The van der Waals surface area contributed by atoms with E-state index in [0.29, 0.717) is 44.0 Å². The second-order valence-electron chi connectivity index (χ2n) is 10.7. The van der Waals surface area contributed by atoms with Crippen LogP contribution in [0.25, 0.3) is 33.6 Å². The van der Waals surface area contributed by atoms with Gasteiger partial charge in [-0.05, 0) is 73.2 Å². The topological polar surface area (TPSA) is 179 Å². The molecule has 0 bridgehead atoms. The number of aromatic nitrogens is 4. The summed E-state index contributed by atoms with van der Waals surface area (Å²) in [7, 11) is 1.95. The molecule has 3 aromatic carbocycles. The lowest BCUT2D eigenvalue weighted by atomic mass is 9.99. The number of carbonyl (C=O) groups is 3. The zero-order chi connectivity index (χ0) is 37.9.